The van der Waals surface area contributed by atoms with Gasteiger partial charge in [-0.25, -0.2) is 0 Å². The van der Waals surface area contributed by atoms with Gasteiger partial charge in [0.05, 0.1) is 16.3 Å². The molecule has 0 aliphatic carbocycles. The Bertz CT molecular complexity index is 722. The first-order chi connectivity index (χ1) is 10.3. The fourth-order valence-corrected chi connectivity index (χ4v) is 3.14. The SMILES string of the molecule is Cc1ccn(C(C)C(=O)Nc2c(Br)cc([N+](=O)[O-])cc2Br)n1. The summed E-state index contributed by atoms with van der Waals surface area (Å²) in [6.07, 6.45) is 1.72. The molecule has 9 heteroatoms. The van der Waals surface area contributed by atoms with Crippen molar-refractivity contribution in [1.82, 2.24) is 9.78 Å². The number of rotatable bonds is 4. The number of nitro benzene ring substituents is 1. The third kappa shape index (κ3) is 3.53. The molecule has 0 bridgehead atoms. The maximum Gasteiger partial charge on any atom is 0.271 e. The van der Waals surface area contributed by atoms with Gasteiger partial charge < -0.3 is 5.32 Å². The average molecular weight is 432 g/mol. The van der Waals surface area contributed by atoms with Gasteiger partial charge in [0.2, 0.25) is 5.91 Å². The molecule has 1 atom stereocenters. The van der Waals surface area contributed by atoms with Crippen LogP contribution in [0.1, 0.15) is 18.7 Å². The van der Waals surface area contributed by atoms with Crippen LogP contribution in [-0.2, 0) is 4.79 Å². The van der Waals surface area contributed by atoms with Gasteiger partial charge >= 0.3 is 0 Å². The molecule has 0 spiro atoms. The number of carbonyl (C=O) groups is 1. The number of halogens is 2. The summed E-state index contributed by atoms with van der Waals surface area (Å²) < 4.78 is 2.40. The van der Waals surface area contributed by atoms with E-state index in [-0.39, 0.29) is 11.6 Å². The predicted molar refractivity (Wildman–Crippen MR) is 88.8 cm³/mol. The number of hydrogen-bond acceptors (Lipinski definition) is 4. The van der Waals surface area contributed by atoms with Crippen molar-refractivity contribution in [3.8, 4) is 0 Å². The lowest BCUT2D eigenvalue weighted by molar-refractivity contribution is -0.385. The largest absolute Gasteiger partial charge is 0.322 e. The number of aryl methyl sites for hydroxylation is 1. The van der Waals surface area contributed by atoms with Crippen LogP contribution >= 0.6 is 31.9 Å². The number of amides is 1. The summed E-state index contributed by atoms with van der Waals surface area (Å²) in [4.78, 5) is 22.6. The van der Waals surface area contributed by atoms with Crippen LogP contribution in [0.5, 0.6) is 0 Å². The molecule has 2 aromatic rings. The first-order valence-corrected chi connectivity index (χ1v) is 7.84. The van der Waals surface area contributed by atoms with E-state index in [1.165, 1.54) is 12.1 Å². The van der Waals surface area contributed by atoms with Crippen LogP contribution in [0, 0.1) is 17.0 Å². The van der Waals surface area contributed by atoms with Crippen molar-refractivity contribution in [3.63, 3.8) is 0 Å². The summed E-state index contributed by atoms with van der Waals surface area (Å²) in [7, 11) is 0. The van der Waals surface area contributed by atoms with Gasteiger partial charge in [-0.05, 0) is 51.8 Å². The molecule has 7 nitrogen and oxygen atoms in total. The van der Waals surface area contributed by atoms with Crippen molar-refractivity contribution in [2.24, 2.45) is 0 Å². The van der Waals surface area contributed by atoms with Crippen molar-refractivity contribution in [2.45, 2.75) is 19.9 Å². The van der Waals surface area contributed by atoms with Crippen molar-refractivity contribution in [2.75, 3.05) is 5.32 Å². The molecule has 0 aliphatic heterocycles. The molecule has 1 amide bonds. The maximum absolute atomic E-state index is 12.3. The molecule has 2 rings (SSSR count). The standard InChI is InChI=1S/C13H12Br2N4O3/c1-7-3-4-18(17-7)8(2)13(20)16-12-10(14)5-9(19(21)22)6-11(12)15/h3-6,8H,1-2H3,(H,16,20). The minimum atomic E-state index is -0.511. The smallest absolute Gasteiger partial charge is 0.271 e. The van der Waals surface area contributed by atoms with Gasteiger partial charge in [-0.2, -0.15) is 5.10 Å². The predicted octanol–water partition coefficient (Wildman–Crippen LogP) is 3.82. The van der Waals surface area contributed by atoms with E-state index in [9.17, 15) is 14.9 Å². The zero-order chi connectivity index (χ0) is 16.4. The highest BCUT2D eigenvalue weighted by Gasteiger charge is 2.20. The fraction of sp³-hybridized carbons (Fsp3) is 0.231. The molecule has 0 radical (unpaired) electrons. The number of carbonyl (C=O) groups excluding carboxylic acids is 1. The molecule has 0 fully saturated rings. The summed E-state index contributed by atoms with van der Waals surface area (Å²) in [5.41, 5.74) is 1.18. The van der Waals surface area contributed by atoms with Gasteiger partial charge in [0.25, 0.3) is 5.69 Å². The molecule has 0 saturated carbocycles. The van der Waals surface area contributed by atoms with Crippen molar-refractivity contribution in [1.29, 1.82) is 0 Å². The molecule has 0 saturated heterocycles. The molecule has 0 aliphatic rings. The summed E-state index contributed by atoms with van der Waals surface area (Å²) in [6, 6.07) is 3.97. The molecular weight excluding hydrogens is 420 g/mol. The van der Waals surface area contributed by atoms with Crippen LogP contribution in [-0.4, -0.2) is 20.6 Å². The summed E-state index contributed by atoms with van der Waals surface area (Å²) >= 11 is 6.47. The van der Waals surface area contributed by atoms with Gasteiger partial charge in [0.1, 0.15) is 6.04 Å². The molecule has 22 heavy (non-hydrogen) atoms. The number of hydrogen-bond donors (Lipinski definition) is 1. The number of aromatic nitrogens is 2. The van der Waals surface area contributed by atoms with Crippen molar-refractivity contribution in [3.05, 3.63) is 49.1 Å². The molecule has 116 valence electrons. The van der Waals surface area contributed by atoms with E-state index in [4.69, 9.17) is 0 Å². The molecule has 1 heterocycles. The second-order valence-corrected chi connectivity index (χ2v) is 6.35. The number of anilines is 1. The van der Waals surface area contributed by atoms with E-state index in [1.54, 1.807) is 17.8 Å². The van der Waals surface area contributed by atoms with E-state index < -0.39 is 11.0 Å². The molecule has 1 unspecified atom stereocenters. The molecule has 1 N–H and O–H groups in total. The zero-order valence-electron chi connectivity index (χ0n) is 11.7. The Morgan fingerprint density at radius 3 is 2.45 bits per heavy atom. The van der Waals surface area contributed by atoms with Crippen molar-refractivity contribution >= 4 is 49.1 Å². The minimum Gasteiger partial charge on any atom is -0.322 e. The van der Waals surface area contributed by atoms with E-state index in [2.05, 4.69) is 42.3 Å². The maximum atomic E-state index is 12.3. The molecular formula is C13H12Br2N4O3. The Kier molecular flexibility index (Phi) is 4.97. The lowest BCUT2D eigenvalue weighted by Crippen LogP contribution is -2.24. The Morgan fingerprint density at radius 2 is 2.00 bits per heavy atom. The topological polar surface area (TPSA) is 90.1 Å². The van der Waals surface area contributed by atoms with Crippen LogP contribution in [0.15, 0.2) is 33.3 Å². The van der Waals surface area contributed by atoms with Crippen molar-refractivity contribution < 1.29 is 9.72 Å². The van der Waals surface area contributed by atoms with Crippen LogP contribution in [0.25, 0.3) is 0 Å². The van der Waals surface area contributed by atoms with E-state index in [1.807, 2.05) is 13.0 Å². The van der Waals surface area contributed by atoms with Gasteiger partial charge in [-0.3, -0.25) is 19.6 Å². The second kappa shape index (κ2) is 6.57. The Hall–Kier alpha value is -1.74. The van der Waals surface area contributed by atoms with E-state index >= 15 is 0 Å². The minimum absolute atomic E-state index is 0.0764. The van der Waals surface area contributed by atoms with Crippen LogP contribution in [0.2, 0.25) is 0 Å². The first kappa shape index (κ1) is 16.6. The zero-order valence-corrected chi connectivity index (χ0v) is 14.9. The summed E-state index contributed by atoms with van der Waals surface area (Å²) in [5.74, 6) is -0.279. The Morgan fingerprint density at radius 1 is 1.41 bits per heavy atom. The average Bonchev–Trinajstić information content (AvgIpc) is 2.87. The normalized spacial score (nSPS) is 12.0. The summed E-state index contributed by atoms with van der Waals surface area (Å²) in [6.45, 7) is 3.56. The quantitative estimate of drug-likeness (QED) is 0.588. The van der Waals surface area contributed by atoms with Gasteiger partial charge in [-0.1, -0.05) is 0 Å². The summed E-state index contributed by atoms with van der Waals surface area (Å²) in [5, 5.41) is 17.7. The van der Waals surface area contributed by atoms with Crippen LogP contribution in [0.4, 0.5) is 11.4 Å². The molecule has 1 aromatic heterocycles. The monoisotopic (exact) mass is 430 g/mol. The number of nitrogens with zero attached hydrogens (tertiary/aromatic N) is 3. The lowest BCUT2D eigenvalue weighted by Gasteiger charge is -2.14. The van der Waals surface area contributed by atoms with Gasteiger partial charge in [0, 0.05) is 27.3 Å². The van der Waals surface area contributed by atoms with E-state index in [0.29, 0.717) is 14.6 Å². The Labute approximate surface area is 143 Å². The second-order valence-electron chi connectivity index (χ2n) is 4.64. The third-order valence-corrected chi connectivity index (χ3v) is 4.25. The number of non-ortho nitro benzene ring substituents is 1. The number of nitro groups is 1. The van der Waals surface area contributed by atoms with Gasteiger partial charge in [0.15, 0.2) is 0 Å². The number of benzene rings is 1. The highest BCUT2D eigenvalue weighted by atomic mass is 79.9. The van der Waals surface area contributed by atoms with Gasteiger partial charge in [-0.15, -0.1) is 0 Å². The number of nitrogens with one attached hydrogen (secondary N) is 1. The fourth-order valence-electron chi connectivity index (χ4n) is 1.78. The first-order valence-electron chi connectivity index (χ1n) is 6.25. The van der Waals surface area contributed by atoms with E-state index in [0.717, 1.165) is 5.69 Å². The molecule has 1 aromatic carbocycles. The lowest BCUT2D eigenvalue weighted by atomic mass is 10.2. The highest BCUT2D eigenvalue weighted by molar-refractivity contribution is 9.11. The Balaban J connectivity index is 2.23. The highest BCUT2D eigenvalue weighted by Crippen LogP contribution is 2.35. The van der Waals surface area contributed by atoms with Crippen LogP contribution in [0.3, 0.4) is 0 Å². The van der Waals surface area contributed by atoms with Crippen LogP contribution < -0.4 is 5.32 Å². The third-order valence-electron chi connectivity index (χ3n) is 3.00.